The number of nitrogens with zero attached hydrogens (tertiary/aromatic N) is 1. The van der Waals surface area contributed by atoms with Crippen LogP contribution in [-0.4, -0.2) is 41.0 Å². The molecule has 120 valence electrons. The highest BCUT2D eigenvalue weighted by atomic mass is 35.5. The number of aliphatic hydroxyl groups excluding tert-OH is 1. The molecule has 22 heavy (non-hydrogen) atoms. The van der Waals surface area contributed by atoms with Crippen molar-refractivity contribution in [1.29, 1.82) is 0 Å². The smallest absolute Gasteiger partial charge is 0.223 e. The van der Waals surface area contributed by atoms with Crippen molar-refractivity contribution in [2.45, 2.75) is 38.3 Å². The summed E-state index contributed by atoms with van der Waals surface area (Å²) in [6.45, 7) is 3.06. The first-order valence-corrected chi connectivity index (χ1v) is 7.88. The molecular weight excluding hydrogens is 304 g/mol. The average Bonchev–Trinajstić information content (AvgIpc) is 2.95. The molecule has 5 nitrogen and oxygen atoms in total. The van der Waals surface area contributed by atoms with E-state index in [-0.39, 0.29) is 24.3 Å². The van der Waals surface area contributed by atoms with Gasteiger partial charge in [-0.3, -0.25) is 9.59 Å². The lowest BCUT2D eigenvalue weighted by Crippen LogP contribution is -2.38. The molecule has 0 bridgehead atoms. The van der Waals surface area contributed by atoms with Crippen molar-refractivity contribution in [3.8, 4) is 0 Å². The molecule has 2 rings (SSSR count). The first-order valence-electron chi connectivity index (χ1n) is 7.50. The lowest BCUT2D eigenvalue weighted by molar-refractivity contribution is -0.130. The Morgan fingerprint density at radius 2 is 2.09 bits per heavy atom. The van der Waals surface area contributed by atoms with Crippen LogP contribution in [0.15, 0.2) is 24.3 Å². The van der Waals surface area contributed by atoms with E-state index in [0.717, 1.165) is 6.42 Å². The van der Waals surface area contributed by atoms with Crippen molar-refractivity contribution in [3.05, 3.63) is 34.9 Å². The fraction of sp³-hybridized carbons (Fsp3) is 0.500. The minimum Gasteiger partial charge on any atom is -0.388 e. The van der Waals surface area contributed by atoms with Crippen LogP contribution in [0.25, 0.3) is 0 Å². The summed E-state index contributed by atoms with van der Waals surface area (Å²) in [5, 5.41) is 13.5. The third-order valence-electron chi connectivity index (χ3n) is 3.84. The van der Waals surface area contributed by atoms with Gasteiger partial charge in [0, 0.05) is 30.6 Å². The maximum Gasteiger partial charge on any atom is 0.223 e. The molecule has 0 aromatic heterocycles. The van der Waals surface area contributed by atoms with Crippen LogP contribution in [0.5, 0.6) is 0 Å². The van der Waals surface area contributed by atoms with Gasteiger partial charge in [-0.25, -0.2) is 0 Å². The Labute approximate surface area is 135 Å². The molecule has 1 aromatic rings. The molecule has 2 atom stereocenters. The van der Waals surface area contributed by atoms with Crippen LogP contribution in [0.2, 0.25) is 5.02 Å². The molecular formula is C16H21ClN2O3. The van der Waals surface area contributed by atoms with Gasteiger partial charge in [-0.05, 0) is 24.1 Å². The van der Waals surface area contributed by atoms with E-state index in [9.17, 15) is 14.7 Å². The molecule has 0 saturated carbocycles. The molecule has 0 spiro atoms. The number of halogens is 1. The Hall–Kier alpha value is -1.59. The van der Waals surface area contributed by atoms with Crippen molar-refractivity contribution < 1.29 is 14.7 Å². The number of nitrogens with one attached hydrogen (secondary N) is 1. The normalized spacial score (nSPS) is 19.0. The molecule has 1 aromatic carbocycles. The molecule has 2 unspecified atom stereocenters. The van der Waals surface area contributed by atoms with Gasteiger partial charge in [0.1, 0.15) is 0 Å². The summed E-state index contributed by atoms with van der Waals surface area (Å²) in [4.78, 5) is 25.4. The topological polar surface area (TPSA) is 69.6 Å². The lowest BCUT2D eigenvalue weighted by Gasteiger charge is -2.17. The Morgan fingerprint density at radius 3 is 2.73 bits per heavy atom. The van der Waals surface area contributed by atoms with Crippen molar-refractivity contribution in [2.75, 3.05) is 13.1 Å². The highest BCUT2D eigenvalue weighted by molar-refractivity contribution is 6.30. The van der Waals surface area contributed by atoms with Crippen LogP contribution in [0.3, 0.4) is 0 Å². The molecule has 0 radical (unpaired) electrons. The van der Waals surface area contributed by atoms with E-state index in [1.54, 1.807) is 29.2 Å². The van der Waals surface area contributed by atoms with Gasteiger partial charge in [0.05, 0.1) is 12.5 Å². The fourth-order valence-electron chi connectivity index (χ4n) is 2.59. The predicted molar refractivity (Wildman–Crippen MR) is 84.4 cm³/mol. The van der Waals surface area contributed by atoms with Gasteiger partial charge in [-0.2, -0.15) is 0 Å². The number of carbonyl (C=O) groups is 2. The van der Waals surface area contributed by atoms with E-state index in [4.69, 9.17) is 11.6 Å². The van der Waals surface area contributed by atoms with Crippen LogP contribution >= 0.6 is 11.6 Å². The van der Waals surface area contributed by atoms with Gasteiger partial charge in [-0.15, -0.1) is 0 Å². The molecule has 2 N–H and O–H groups in total. The van der Waals surface area contributed by atoms with Gasteiger partial charge in [0.15, 0.2) is 0 Å². The summed E-state index contributed by atoms with van der Waals surface area (Å²) in [5.41, 5.74) is 0.661. The monoisotopic (exact) mass is 324 g/mol. The summed E-state index contributed by atoms with van der Waals surface area (Å²) in [6.07, 6.45) is 0.386. The first-order chi connectivity index (χ1) is 10.5. The van der Waals surface area contributed by atoms with Crippen LogP contribution in [-0.2, 0) is 9.59 Å². The number of rotatable bonds is 5. The van der Waals surface area contributed by atoms with Crippen LogP contribution in [0.4, 0.5) is 0 Å². The third-order valence-corrected chi connectivity index (χ3v) is 4.09. The van der Waals surface area contributed by atoms with E-state index in [1.165, 1.54) is 0 Å². The maximum absolute atomic E-state index is 12.0. The Morgan fingerprint density at radius 1 is 1.41 bits per heavy atom. The van der Waals surface area contributed by atoms with Crippen molar-refractivity contribution in [3.63, 3.8) is 0 Å². The Bertz CT molecular complexity index is 533. The molecule has 6 heteroatoms. The van der Waals surface area contributed by atoms with E-state index in [0.29, 0.717) is 30.1 Å². The Kier molecular flexibility index (Phi) is 5.80. The number of carbonyl (C=O) groups excluding carboxylic acids is 2. The highest BCUT2D eigenvalue weighted by Gasteiger charge is 2.26. The van der Waals surface area contributed by atoms with Crippen LogP contribution in [0, 0.1) is 0 Å². The van der Waals surface area contributed by atoms with Gasteiger partial charge >= 0.3 is 0 Å². The number of hydrogen-bond acceptors (Lipinski definition) is 3. The molecule has 0 aliphatic carbocycles. The second kappa shape index (κ2) is 7.61. The molecule has 1 aliphatic heterocycles. The zero-order valence-corrected chi connectivity index (χ0v) is 13.3. The third kappa shape index (κ3) is 4.45. The minimum atomic E-state index is -0.855. The van der Waals surface area contributed by atoms with Gasteiger partial charge in [0.25, 0.3) is 0 Å². The average molecular weight is 325 g/mol. The number of benzene rings is 1. The van der Waals surface area contributed by atoms with E-state index in [1.807, 2.05) is 6.92 Å². The minimum absolute atomic E-state index is 0.000142. The second-order valence-electron chi connectivity index (χ2n) is 5.52. The molecule has 2 amide bonds. The predicted octanol–water partition coefficient (Wildman–Crippen LogP) is 1.89. The van der Waals surface area contributed by atoms with E-state index >= 15 is 0 Å². The summed E-state index contributed by atoms with van der Waals surface area (Å²) < 4.78 is 0. The summed E-state index contributed by atoms with van der Waals surface area (Å²) in [6, 6.07) is 6.75. The molecule has 1 fully saturated rings. The molecule has 1 heterocycles. The maximum atomic E-state index is 12.0. The second-order valence-corrected chi connectivity index (χ2v) is 5.95. The number of amides is 2. The quantitative estimate of drug-likeness (QED) is 0.869. The standard InChI is InChI=1S/C16H21ClN2O3/c1-2-16(22)19-8-7-13(10-19)18-15(21)9-14(20)11-3-5-12(17)6-4-11/h3-6,13-14,20H,2,7-10H2,1H3,(H,18,21). The highest BCUT2D eigenvalue weighted by Crippen LogP contribution is 2.19. The van der Waals surface area contributed by atoms with Crippen molar-refractivity contribution in [2.24, 2.45) is 0 Å². The van der Waals surface area contributed by atoms with E-state index in [2.05, 4.69) is 5.32 Å². The first kappa shape index (κ1) is 16.8. The number of hydrogen-bond donors (Lipinski definition) is 2. The van der Waals surface area contributed by atoms with Gasteiger partial charge in [0.2, 0.25) is 11.8 Å². The zero-order chi connectivity index (χ0) is 16.1. The van der Waals surface area contributed by atoms with E-state index < -0.39 is 6.10 Å². The van der Waals surface area contributed by atoms with Crippen molar-refractivity contribution >= 4 is 23.4 Å². The summed E-state index contributed by atoms with van der Waals surface area (Å²) >= 11 is 5.79. The van der Waals surface area contributed by atoms with Crippen LogP contribution < -0.4 is 5.32 Å². The van der Waals surface area contributed by atoms with Gasteiger partial charge in [-0.1, -0.05) is 30.7 Å². The SMILES string of the molecule is CCC(=O)N1CCC(NC(=O)CC(O)c2ccc(Cl)cc2)C1. The van der Waals surface area contributed by atoms with Crippen molar-refractivity contribution in [1.82, 2.24) is 10.2 Å². The number of likely N-dealkylation sites (tertiary alicyclic amines) is 1. The summed E-state index contributed by atoms with van der Waals surface area (Å²) in [5.74, 6) is -0.101. The largest absolute Gasteiger partial charge is 0.388 e. The summed E-state index contributed by atoms with van der Waals surface area (Å²) in [7, 11) is 0. The Balaban J connectivity index is 1.81. The van der Waals surface area contributed by atoms with Crippen LogP contribution in [0.1, 0.15) is 37.9 Å². The molecule has 1 saturated heterocycles. The zero-order valence-electron chi connectivity index (χ0n) is 12.6. The fourth-order valence-corrected chi connectivity index (χ4v) is 2.72. The van der Waals surface area contributed by atoms with Gasteiger partial charge < -0.3 is 15.3 Å². The lowest BCUT2D eigenvalue weighted by atomic mass is 10.1. The number of aliphatic hydroxyl groups is 1. The molecule has 1 aliphatic rings.